The Morgan fingerprint density at radius 3 is 2.62 bits per heavy atom. The fourth-order valence-electron chi connectivity index (χ4n) is 1.18. The van der Waals surface area contributed by atoms with Crippen molar-refractivity contribution in [1.29, 1.82) is 0 Å². The average Bonchev–Trinajstić information content (AvgIpc) is 2.30. The minimum absolute atomic E-state index is 0.00841. The van der Waals surface area contributed by atoms with Crippen LogP contribution < -0.4 is 5.32 Å². The molecule has 4 heteroatoms. The SMILES string of the molecule is C#CCCC(=O)NCCCCCC(=O)OC. The molecule has 0 aromatic rings. The van der Waals surface area contributed by atoms with E-state index in [1.807, 2.05) is 0 Å². The maximum absolute atomic E-state index is 11.1. The van der Waals surface area contributed by atoms with Crippen molar-refractivity contribution in [2.24, 2.45) is 0 Å². The van der Waals surface area contributed by atoms with Gasteiger partial charge in [-0.2, -0.15) is 0 Å². The Kier molecular flexibility index (Phi) is 9.09. The van der Waals surface area contributed by atoms with Gasteiger partial charge in [-0.15, -0.1) is 12.3 Å². The lowest BCUT2D eigenvalue weighted by molar-refractivity contribution is -0.140. The molecule has 0 spiro atoms. The average molecular weight is 225 g/mol. The normalized spacial score (nSPS) is 9.25. The van der Waals surface area contributed by atoms with E-state index >= 15 is 0 Å². The first-order chi connectivity index (χ1) is 7.70. The van der Waals surface area contributed by atoms with Crippen molar-refractivity contribution in [3.05, 3.63) is 0 Å². The number of esters is 1. The Balaban J connectivity index is 3.24. The molecule has 16 heavy (non-hydrogen) atoms. The van der Waals surface area contributed by atoms with Gasteiger partial charge in [0.05, 0.1) is 7.11 Å². The molecule has 1 N–H and O–H groups in total. The molecule has 0 atom stereocenters. The number of carbonyl (C=O) groups excluding carboxylic acids is 2. The molecule has 4 nitrogen and oxygen atoms in total. The third kappa shape index (κ3) is 9.07. The molecule has 0 radical (unpaired) electrons. The zero-order valence-corrected chi connectivity index (χ0v) is 9.75. The van der Waals surface area contributed by atoms with Gasteiger partial charge in [0.25, 0.3) is 0 Å². The lowest BCUT2D eigenvalue weighted by atomic mass is 10.2. The number of ether oxygens (including phenoxy) is 1. The summed E-state index contributed by atoms with van der Waals surface area (Å²) in [7, 11) is 1.38. The van der Waals surface area contributed by atoms with Crippen LogP contribution >= 0.6 is 0 Å². The van der Waals surface area contributed by atoms with Gasteiger partial charge < -0.3 is 10.1 Å². The first-order valence-corrected chi connectivity index (χ1v) is 5.47. The van der Waals surface area contributed by atoms with Crippen molar-refractivity contribution >= 4 is 11.9 Å². The van der Waals surface area contributed by atoms with Crippen LogP contribution in [-0.4, -0.2) is 25.5 Å². The Morgan fingerprint density at radius 2 is 2.00 bits per heavy atom. The molecule has 0 aromatic carbocycles. The Bertz CT molecular complexity index is 255. The third-order valence-electron chi connectivity index (χ3n) is 2.10. The van der Waals surface area contributed by atoms with Crippen LogP contribution in [0.15, 0.2) is 0 Å². The summed E-state index contributed by atoms with van der Waals surface area (Å²) in [5, 5.41) is 2.77. The Hall–Kier alpha value is -1.50. The molecule has 0 rings (SSSR count). The van der Waals surface area contributed by atoms with Crippen LogP contribution in [0, 0.1) is 12.3 Å². The first kappa shape index (κ1) is 14.5. The van der Waals surface area contributed by atoms with Crippen molar-refractivity contribution in [2.75, 3.05) is 13.7 Å². The highest BCUT2D eigenvalue weighted by Crippen LogP contribution is 2.00. The largest absolute Gasteiger partial charge is 0.469 e. The van der Waals surface area contributed by atoms with Crippen LogP contribution in [0.1, 0.15) is 38.5 Å². The van der Waals surface area contributed by atoms with Crippen LogP contribution in [0.3, 0.4) is 0 Å². The van der Waals surface area contributed by atoms with Crippen molar-refractivity contribution in [2.45, 2.75) is 38.5 Å². The van der Waals surface area contributed by atoms with Gasteiger partial charge in [-0.1, -0.05) is 6.42 Å². The molecule has 90 valence electrons. The lowest BCUT2D eigenvalue weighted by Crippen LogP contribution is -2.23. The topological polar surface area (TPSA) is 55.4 Å². The van der Waals surface area contributed by atoms with E-state index < -0.39 is 0 Å². The number of amides is 1. The second-order valence-corrected chi connectivity index (χ2v) is 3.44. The molecule has 0 aliphatic rings. The number of carbonyl (C=O) groups is 2. The second-order valence-electron chi connectivity index (χ2n) is 3.44. The molecule has 0 bridgehead atoms. The number of terminal acetylenes is 1. The number of hydrogen-bond donors (Lipinski definition) is 1. The zero-order valence-electron chi connectivity index (χ0n) is 9.75. The number of methoxy groups -OCH3 is 1. The number of nitrogens with one attached hydrogen (secondary N) is 1. The molecule has 0 heterocycles. The van der Waals surface area contributed by atoms with Gasteiger partial charge in [0.2, 0.25) is 5.91 Å². The summed E-state index contributed by atoms with van der Waals surface area (Å²) in [6.07, 6.45) is 8.93. The molecule has 0 aliphatic heterocycles. The molecule has 0 aliphatic carbocycles. The summed E-state index contributed by atoms with van der Waals surface area (Å²) in [4.78, 5) is 21.9. The van der Waals surface area contributed by atoms with Crippen LogP contribution in [0.25, 0.3) is 0 Å². The number of unbranched alkanes of at least 4 members (excludes halogenated alkanes) is 2. The fraction of sp³-hybridized carbons (Fsp3) is 0.667. The van der Waals surface area contributed by atoms with E-state index in [0.29, 0.717) is 25.8 Å². The minimum Gasteiger partial charge on any atom is -0.469 e. The van der Waals surface area contributed by atoms with Gasteiger partial charge in [-0.25, -0.2) is 0 Å². The van der Waals surface area contributed by atoms with Gasteiger partial charge in [0.1, 0.15) is 0 Å². The Labute approximate surface area is 96.7 Å². The van der Waals surface area contributed by atoms with Crippen molar-refractivity contribution in [3.8, 4) is 12.3 Å². The molecular weight excluding hydrogens is 206 g/mol. The maximum Gasteiger partial charge on any atom is 0.305 e. The first-order valence-electron chi connectivity index (χ1n) is 5.47. The van der Waals surface area contributed by atoms with Gasteiger partial charge >= 0.3 is 5.97 Å². The summed E-state index contributed by atoms with van der Waals surface area (Å²) >= 11 is 0. The number of rotatable bonds is 8. The molecular formula is C12H19NO3. The highest BCUT2D eigenvalue weighted by Gasteiger charge is 2.00. The molecule has 0 fully saturated rings. The predicted octanol–water partition coefficient (Wildman–Crippen LogP) is 1.25. The summed E-state index contributed by atoms with van der Waals surface area (Å²) in [6, 6.07) is 0. The van der Waals surface area contributed by atoms with Gasteiger partial charge in [-0.05, 0) is 12.8 Å². The monoisotopic (exact) mass is 225 g/mol. The van der Waals surface area contributed by atoms with E-state index in [0.717, 1.165) is 19.3 Å². The van der Waals surface area contributed by atoms with E-state index in [4.69, 9.17) is 6.42 Å². The molecule has 0 saturated heterocycles. The Morgan fingerprint density at radius 1 is 1.25 bits per heavy atom. The second kappa shape index (κ2) is 10.0. The van der Waals surface area contributed by atoms with Crippen molar-refractivity contribution < 1.29 is 14.3 Å². The number of hydrogen-bond acceptors (Lipinski definition) is 3. The zero-order chi connectivity index (χ0) is 12.2. The standard InChI is InChI=1S/C12H19NO3/c1-3-4-8-11(14)13-10-7-5-6-9-12(15)16-2/h1H,4-10H2,2H3,(H,13,14). The van der Waals surface area contributed by atoms with E-state index in [1.165, 1.54) is 7.11 Å². The van der Waals surface area contributed by atoms with Gasteiger partial charge in [0.15, 0.2) is 0 Å². The molecule has 0 unspecified atom stereocenters. The van der Waals surface area contributed by atoms with Gasteiger partial charge in [-0.3, -0.25) is 9.59 Å². The van der Waals surface area contributed by atoms with E-state index in [9.17, 15) is 9.59 Å². The molecule has 0 saturated carbocycles. The quantitative estimate of drug-likeness (QED) is 0.384. The van der Waals surface area contributed by atoms with Crippen LogP contribution in [0.2, 0.25) is 0 Å². The lowest BCUT2D eigenvalue weighted by Gasteiger charge is -2.03. The summed E-state index contributed by atoms with van der Waals surface area (Å²) in [5.74, 6) is 2.23. The summed E-state index contributed by atoms with van der Waals surface area (Å²) in [6.45, 7) is 0.643. The maximum atomic E-state index is 11.1. The highest BCUT2D eigenvalue weighted by molar-refractivity contribution is 5.76. The van der Waals surface area contributed by atoms with Gasteiger partial charge in [0, 0.05) is 25.8 Å². The van der Waals surface area contributed by atoms with Crippen molar-refractivity contribution in [3.63, 3.8) is 0 Å². The molecule has 1 amide bonds. The van der Waals surface area contributed by atoms with Crippen molar-refractivity contribution in [1.82, 2.24) is 5.32 Å². The van der Waals surface area contributed by atoms with Crippen LogP contribution in [0.4, 0.5) is 0 Å². The summed E-state index contributed by atoms with van der Waals surface area (Å²) < 4.78 is 4.51. The van der Waals surface area contributed by atoms with E-state index in [1.54, 1.807) is 0 Å². The van der Waals surface area contributed by atoms with E-state index in [2.05, 4.69) is 16.0 Å². The van der Waals surface area contributed by atoms with Crippen LogP contribution in [0.5, 0.6) is 0 Å². The fourth-order valence-corrected chi connectivity index (χ4v) is 1.18. The minimum atomic E-state index is -0.182. The summed E-state index contributed by atoms with van der Waals surface area (Å²) in [5.41, 5.74) is 0. The highest BCUT2D eigenvalue weighted by atomic mass is 16.5. The van der Waals surface area contributed by atoms with Crippen LogP contribution in [-0.2, 0) is 14.3 Å². The predicted molar refractivity (Wildman–Crippen MR) is 61.6 cm³/mol. The smallest absolute Gasteiger partial charge is 0.305 e. The third-order valence-corrected chi connectivity index (χ3v) is 2.10. The van der Waals surface area contributed by atoms with E-state index in [-0.39, 0.29) is 11.9 Å². The molecule has 0 aromatic heterocycles.